The lowest BCUT2D eigenvalue weighted by atomic mass is 10.3. The summed E-state index contributed by atoms with van der Waals surface area (Å²) in [6, 6.07) is 0. The van der Waals surface area contributed by atoms with E-state index in [0.29, 0.717) is 6.54 Å². The molecule has 0 bridgehead atoms. The first-order valence-corrected chi connectivity index (χ1v) is 6.55. The van der Waals surface area contributed by atoms with Crippen LogP contribution in [0, 0.1) is 0 Å². The predicted octanol–water partition coefficient (Wildman–Crippen LogP) is 1.17. The quantitative estimate of drug-likeness (QED) is 0.863. The third-order valence-corrected chi connectivity index (χ3v) is 4.07. The molecule has 1 aromatic heterocycles. The first-order valence-electron chi connectivity index (χ1n) is 5.73. The highest BCUT2D eigenvalue weighted by Crippen LogP contribution is 2.28. The number of nitrogens with two attached hydrogens (primary N) is 1. The van der Waals surface area contributed by atoms with E-state index < -0.39 is 0 Å². The van der Waals surface area contributed by atoms with Crippen molar-refractivity contribution in [3.05, 3.63) is 15.6 Å². The van der Waals surface area contributed by atoms with Crippen LogP contribution in [0.1, 0.15) is 28.6 Å². The molecule has 0 amide bonds. The third-order valence-electron chi connectivity index (χ3n) is 2.86. The smallest absolute Gasteiger partial charge is 0.123 e. The van der Waals surface area contributed by atoms with E-state index in [0.717, 1.165) is 36.8 Å². The van der Waals surface area contributed by atoms with Gasteiger partial charge in [-0.3, -0.25) is 0 Å². The predicted molar refractivity (Wildman–Crippen MR) is 65.6 cm³/mol. The summed E-state index contributed by atoms with van der Waals surface area (Å²) in [5.74, 6) is 0. The standard InChI is InChI=1S/C11H19N3OS/c1-3-8-10(6-12)16-11(13-8)9-7-14(2)4-5-15-9/h9H,3-7,12H2,1-2H3. The molecular weight excluding hydrogens is 222 g/mol. The van der Waals surface area contributed by atoms with Crippen molar-refractivity contribution in [3.63, 3.8) is 0 Å². The Bertz CT molecular complexity index is 331. The summed E-state index contributed by atoms with van der Waals surface area (Å²) in [5.41, 5.74) is 6.85. The minimum absolute atomic E-state index is 0.134. The summed E-state index contributed by atoms with van der Waals surface area (Å²) in [7, 11) is 2.12. The van der Waals surface area contributed by atoms with Gasteiger partial charge in [0.2, 0.25) is 0 Å². The van der Waals surface area contributed by atoms with Crippen LogP contribution in [0.2, 0.25) is 0 Å². The zero-order chi connectivity index (χ0) is 11.5. The van der Waals surface area contributed by atoms with Gasteiger partial charge in [0, 0.05) is 24.5 Å². The molecule has 0 saturated carbocycles. The highest BCUT2D eigenvalue weighted by molar-refractivity contribution is 7.11. The largest absolute Gasteiger partial charge is 0.368 e. The Balaban J connectivity index is 2.16. The van der Waals surface area contributed by atoms with E-state index in [2.05, 4.69) is 23.9 Å². The molecule has 2 N–H and O–H groups in total. The van der Waals surface area contributed by atoms with Crippen molar-refractivity contribution in [2.24, 2.45) is 5.73 Å². The fourth-order valence-electron chi connectivity index (χ4n) is 1.90. The number of morpholine rings is 1. The summed E-state index contributed by atoms with van der Waals surface area (Å²) in [4.78, 5) is 8.13. The van der Waals surface area contributed by atoms with Gasteiger partial charge in [-0.2, -0.15) is 0 Å². The number of hydrogen-bond donors (Lipinski definition) is 1. The SMILES string of the molecule is CCc1nc(C2CN(C)CCO2)sc1CN. The van der Waals surface area contributed by atoms with E-state index in [4.69, 9.17) is 10.5 Å². The van der Waals surface area contributed by atoms with E-state index >= 15 is 0 Å². The molecule has 1 aromatic rings. The monoisotopic (exact) mass is 241 g/mol. The van der Waals surface area contributed by atoms with Crippen molar-refractivity contribution < 1.29 is 4.74 Å². The Kier molecular flexibility index (Phi) is 3.91. The van der Waals surface area contributed by atoms with Gasteiger partial charge in [-0.1, -0.05) is 6.92 Å². The van der Waals surface area contributed by atoms with Crippen LogP contribution in [-0.2, 0) is 17.7 Å². The Labute approximate surface area is 100 Å². The average molecular weight is 241 g/mol. The second-order valence-electron chi connectivity index (χ2n) is 4.10. The number of nitrogens with zero attached hydrogens (tertiary/aromatic N) is 2. The molecule has 0 radical (unpaired) electrons. The molecule has 2 rings (SSSR count). The topological polar surface area (TPSA) is 51.4 Å². The van der Waals surface area contributed by atoms with Crippen LogP contribution in [0.4, 0.5) is 0 Å². The second kappa shape index (κ2) is 5.23. The van der Waals surface area contributed by atoms with E-state index in [1.807, 2.05) is 0 Å². The van der Waals surface area contributed by atoms with Crippen molar-refractivity contribution in [1.29, 1.82) is 0 Å². The number of likely N-dealkylation sites (N-methyl/N-ethyl adjacent to an activating group) is 1. The number of ether oxygens (including phenoxy) is 1. The van der Waals surface area contributed by atoms with Crippen LogP contribution in [0.25, 0.3) is 0 Å². The van der Waals surface area contributed by atoms with Crippen LogP contribution in [0.5, 0.6) is 0 Å². The molecule has 1 atom stereocenters. The fourth-order valence-corrected chi connectivity index (χ4v) is 2.98. The van der Waals surface area contributed by atoms with Gasteiger partial charge in [-0.05, 0) is 13.5 Å². The lowest BCUT2D eigenvalue weighted by molar-refractivity contribution is -0.0210. The number of rotatable bonds is 3. The highest BCUT2D eigenvalue weighted by Gasteiger charge is 2.23. The number of aromatic nitrogens is 1. The Morgan fingerprint density at radius 1 is 1.62 bits per heavy atom. The molecule has 16 heavy (non-hydrogen) atoms. The second-order valence-corrected chi connectivity index (χ2v) is 5.22. The molecule has 0 spiro atoms. The van der Waals surface area contributed by atoms with Crippen molar-refractivity contribution in [2.75, 3.05) is 26.7 Å². The fraction of sp³-hybridized carbons (Fsp3) is 0.727. The summed E-state index contributed by atoms with van der Waals surface area (Å²) in [6.07, 6.45) is 1.08. The van der Waals surface area contributed by atoms with Crippen LogP contribution < -0.4 is 5.73 Å². The third kappa shape index (κ3) is 2.43. The molecule has 90 valence electrons. The summed E-state index contributed by atoms with van der Waals surface area (Å²) < 4.78 is 5.76. The van der Waals surface area contributed by atoms with Gasteiger partial charge in [0.15, 0.2) is 0 Å². The normalized spacial score (nSPS) is 22.6. The Morgan fingerprint density at radius 3 is 3.00 bits per heavy atom. The number of hydrogen-bond acceptors (Lipinski definition) is 5. The minimum atomic E-state index is 0.134. The summed E-state index contributed by atoms with van der Waals surface area (Å²) in [6.45, 7) is 5.43. The molecule has 1 unspecified atom stereocenters. The molecule has 0 aromatic carbocycles. The maximum absolute atomic E-state index is 5.76. The van der Waals surface area contributed by atoms with Gasteiger partial charge >= 0.3 is 0 Å². The molecule has 1 aliphatic rings. The number of aryl methyl sites for hydroxylation is 1. The van der Waals surface area contributed by atoms with Gasteiger partial charge in [-0.15, -0.1) is 11.3 Å². The first-order chi connectivity index (χ1) is 7.74. The average Bonchev–Trinajstić information content (AvgIpc) is 2.72. The zero-order valence-corrected chi connectivity index (χ0v) is 10.7. The maximum atomic E-state index is 5.76. The maximum Gasteiger partial charge on any atom is 0.123 e. The molecule has 1 saturated heterocycles. The summed E-state index contributed by atoms with van der Waals surface area (Å²) >= 11 is 1.70. The van der Waals surface area contributed by atoms with Crippen LogP contribution in [-0.4, -0.2) is 36.6 Å². The minimum Gasteiger partial charge on any atom is -0.368 e. The van der Waals surface area contributed by atoms with Gasteiger partial charge in [0.05, 0.1) is 12.3 Å². The van der Waals surface area contributed by atoms with Gasteiger partial charge in [0.1, 0.15) is 11.1 Å². The van der Waals surface area contributed by atoms with E-state index in [1.54, 1.807) is 11.3 Å². The zero-order valence-electron chi connectivity index (χ0n) is 9.90. The van der Waals surface area contributed by atoms with Gasteiger partial charge < -0.3 is 15.4 Å². The van der Waals surface area contributed by atoms with Gasteiger partial charge in [0.25, 0.3) is 0 Å². The molecule has 1 aliphatic heterocycles. The van der Waals surface area contributed by atoms with Crippen molar-refractivity contribution in [3.8, 4) is 0 Å². The van der Waals surface area contributed by atoms with Crippen LogP contribution in [0.3, 0.4) is 0 Å². The van der Waals surface area contributed by atoms with Gasteiger partial charge in [-0.25, -0.2) is 4.98 Å². The molecule has 5 heteroatoms. The highest BCUT2D eigenvalue weighted by atomic mass is 32.1. The van der Waals surface area contributed by atoms with E-state index in [-0.39, 0.29) is 6.10 Å². The lowest BCUT2D eigenvalue weighted by Gasteiger charge is -2.28. The van der Waals surface area contributed by atoms with E-state index in [9.17, 15) is 0 Å². The first kappa shape index (κ1) is 12.0. The molecular formula is C11H19N3OS. The lowest BCUT2D eigenvalue weighted by Crippen LogP contribution is -2.35. The van der Waals surface area contributed by atoms with Crippen molar-refractivity contribution in [1.82, 2.24) is 9.88 Å². The molecule has 4 nitrogen and oxygen atoms in total. The van der Waals surface area contributed by atoms with Crippen molar-refractivity contribution in [2.45, 2.75) is 26.0 Å². The summed E-state index contributed by atoms with van der Waals surface area (Å²) in [5, 5.41) is 1.09. The molecule has 0 aliphatic carbocycles. The Morgan fingerprint density at radius 2 is 2.44 bits per heavy atom. The van der Waals surface area contributed by atoms with Crippen LogP contribution in [0.15, 0.2) is 0 Å². The Hall–Kier alpha value is -0.490. The van der Waals surface area contributed by atoms with Crippen molar-refractivity contribution >= 4 is 11.3 Å². The van der Waals surface area contributed by atoms with E-state index in [1.165, 1.54) is 4.88 Å². The molecule has 2 heterocycles. The van der Waals surface area contributed by atoms with Crippen LogP contribution >= 0.6 is 11.3 Å². The number of thiazole rings is 1. The molecule has 1 fully saturated rings.